The van der Waals surface area contributed by atoms with E-state index in [2.05, 4.69) is 33.3 Å². The number of aryl methyl sites for hydroxylation is 1. The third-order valence-corrected chi connectivity index (χ3v) is 4.03. The normalized spacial score (nSPS) is 11.1. The Hall–Kier alpha value is -1.95. The van der Waals surface area contributed by atoms with Gasteiger partial charge in [0.15, 0.2) is 5.82 Å². The maximum atomic E-state index is 4.59. The standard InChI is InChI=1S/C13H15N5S/c1-3-9-7-10-11(18-6-5-14-8-18)16-13(15-4-2)17-12(10)19-9/h5-8H,3-4H2,1-2H3,(H,15,16,17). The van der Waals surface area contributed by atoms with Crippen LogP contribution in [0.5, 0.6) is 0 Å². The second-order valence-corrected chi connectivity index (χ2v) is 5.27. The molecule has 0 aliphatic rings. The van der Waals surface area contributed by atoms with E-state index in [1.807, 2.05) is 17.7 Å². The van der Waals surface area contributed by atoms with Crippen molar-refractivity contribution in [2.75, 3.05) is 11.9 Å². The predicted molar refractivity (Wildman–Crippen MR) is 78.1 cm³/mol. The molecule has 5 nitrogen and oxygen atoms in total. The number of aromatic nitrogens is 4. The summed E-state index contributed by atoms with van der Waals surface area (Å²) in [5, 5.41) is 4.26. The van der Waals surface area contributed by atoms with Crippen LogP contribution in [0, 0.1) is 0 Å². The molecule has 3 aromatic rings. The summed E-state index contributed by atoms with van der Waals surface area (Å²) >= 11 is 1.72. The molecule has 1 N–H and O–H groups in total. The number of fused-ring (bicyclic) bond motifs is 1. The van der Waals surface area contributed by atoms with Gasteiger partial charge in [-0.2, -0.15) is 4.98 Å². The summed E-state index contributed by atoms with van der Waals surface area (Å²) in [6.07, 6.45) is 6.44. The lowest BCUT2D eigenvalue weighted by atomic mass is 10.3. The molecule has 6 heteroatoms. The van der Waals surface area contributed by atoms with Crippen LogP contribution in [0.1, 0.15) is 18.7 Å². The van der Waals surface area contributed by atoms with Crippen molar-refractivity contribution >= 4 is 27.5 Å². The highest BCUT2D eigenvalue weighted by Gasteiger charge is 2.12. The molecule has 0 aromatic carbocycles. The number of nitrogens with zero attached hydrogens (tertiary/aromatic N) is 4. The van der Waals surface area contributed by atoms with Crippen molar-refractivity contribution in [3.8, 4) is 5.82 Å². The molecule has 0 atom stereocenters. The second kappa shape index (κ2) is 4.97. The summed E-state index contributed by atoms with van der Waals surface area (Å²) in [7, 11) is 0. The van der Waals surface area contributed by atoms with Gasteiger partial charge < -0.3 is 5.32 Å². The Kier molecular flexibility index (Phi) is 3.16. The van der Waals surface area contributed by atoms with Gasteiger partial charge >= 0.3 is 0 Å². The van der Waals surface area contributed by atoms with Crippen molar-refractivity contribution in [3.63, 3.8) is 0 Å². The zero-order valence-electron chi connectivity index (χ0n) is 10.9. The van der Waals surface area contributed by atoms with Crippen LogP contribution in [0.15, 0.2) is 24.8 Å². The Bertz CT molecular complexity index is 686. The average molecular weight is 273 g/mol. The molecule has 19 heavy (non-hydrogen) atoms. The van der Waals surface area contributed by atoms with Crippen LogP contribution in [0.25, 0.3) is 16.0 Å². The fourth-order valence-corrected chi connectivity index (χ4v) is 2.91. The van der Waals surface area contributed by atoms with E-state index >= 15 is 0 Å². The van der Waals surface area contributed by atoms with E-state index in [1.54, 1.807) is 23.9 Å². The minimum Gasteiger partial charge on any atom is -0.354 e. The van der Waals surface area contributed by atoms with Gasteiger partial charge in [-0.1, -0.05) is 6.92 Å². The zero-order valence-corrected chi connectivity index (χ0v) is 11.7. The van der Waals surface area contributed by atoms with Crippen LogP contribution in [-0.2, 0) is 6.42 Å². The predicted octanol–water partition coefficient (Wildman–Crippen LogP) is 2.87. The number of anilines is 1. The van der Waals surface area contributed by atoms with E-state index in [9.17, 15) is 0 Å². The van der Waals surface area contributed by atoms with Gasteiger partial charge in [-0.05, 0) is 19.4 Å². The van der Waals surface area contributed by atoms with E-state index < -0.39 is 0 Å². The van der Waals surface area contributed by atoms with Crippen LogP contribution in [0.2, 0.25) is 0 Å². The number of hydrogen-bond acceptors (Lipinski definition) is 5. The highest BCUT2D eigenvalue weighted by atomic mass is 32.1. The molecule has 0 bridgehead atoms. The summed E-state index contributed by atoms with van der Waals surface area (Å²) in [4.78, 5) is 15.6. The SMILES string of the molecule is CCNc1nc(-n2ccnc2)c2cc(CC)sc2n1. The Balaban J connectivity index is 2.24. The molecule has 0 saturated carbocycles. The van der Waals surface area contributed by atoms with E-state index in [1.165, 1.54) is 4.88 Å². The molecule has 0 radical (unpaired) electrons. The van der Waals surface area contributed by atoms with Crippen LogP contribution >= 0.6 is 11.3 Å². The Morgan fingerprint density at radius 2 is 2.21 bits per heavy atom. The molecule has 3 rings (SSSR count). The van der Waals surface area contributed by atoms with Crippen molar-refractivity contribution < 1.29 is 0 Å². The largest absolute Gasteiger partial charge is 0.354 e. The second-order valence-electron chi connectivity index (χ2n) is 4.16. The molecule has 0 saturated heterocycles. The van der Waals surface area contributed by atoms with Gasteiger partial charge in [0.05, 0.1) is 5.39 Å². The van der Waals surface area contributed by atoms with Gasteiger partial charge in [0.1, 0.15) is 11.2 Å². The van der Waals surface area contributed by atoms with E-state index in [0.717, 1.165) is 29.0 Å². The first-order valence-corrected chi connectivity index (χ1v) is 7.16. The molecule has 98 valence electrons. The molecule has 0 fully saturated rings. The smallest absolute Gasteiger partial charge is 0.226 e. The number of rotatable bonds is 4. The van der Waals surface area contributed by atoms with Gasteiger partial charge in [-0.25, -0.2) is 9.97 Å². The number of hydrogen-bond donors (Lipinski definition) is 1. The average Bonchev–Trinajstić information content (AvgIpc) is 3.07. The Morgan fingerprint density at radius 1 is 1.32 bits per heavy atom. The van der Waals surface area contributed by atoms with Gasteiger partial charge in [-0.3, -0.25) is 4.57 Å². The summed E-state index contributed by atoms with van der Waals surface area (Å²) in [6, 6.07) is 2.17. The fourth-order valence-electron chi connectivity index (χ4n) is 1.95. The molecule has 3 heterocycles. The molecule has 0 unspecified atom stereocenters. The van der Waals surface area contributed by atoms with Gasteiger partial charge in [0, 0.05) is 23.8 Å². The first kappa shape index (κ1) is 12.1. The maximum absolute atomic E-state index is 4.59. The highest BCUT2D eigenvalue weighted by Crippen LogP contribution is 2.29. The number of thiophene rings is 1. The Morgan fingerprint density at radius 3 is 2.89 bits per heavy atom. The van der Waals surface area contributed by atoms with E-state index in [4.69, 9.17) is 0 Å². The molecule has 3 aromatic heterocycles. The topological polar surface area (TPSA) is 55.6 Å². The molecule has 0 aliphatic carbocycles. The lowest BCUT2D eigenvalue weighted by Crippen LogP contribution is -2.05. The summed E-state index contributed by atoms with van der Waals surface area (Å²) in [5.74, 6) is 1.55. The van der Waals surface area contributed by atoms with Crippen molar-refractivity contribution in [2.24, 2.45) is 0 Å². The number of imidazole rings is 1. The molecular weight excluding hydrogens is 258 g/mol. The summed E-state index contributed by atoms with van der Waals surface area (Å²) in [6.45, 7) is 5.00. The van der Waals surface area contributed by atoms with Crippen molar-refractivity contribution in [1.82, 2.24) is 19.5 Å². The quantitative estimate of drug-likeness (QED) is 0.794. The van der Waals surface area contributed by atoms with Crippen LogP contribution in [0.4, 0.5) is 5.95 Å². The van der Waals surface area contributed by atoms with Crippen molar-refractivity contribution in [2.45, 2.75) is 20.3 Å². The molecule has 0 spiro atoms. The van der Waals surface area contributed by atoms with E-state index in [-0.39, 0.29) is 0 Å². The van der Waals surface area contributed by atoms with Gasteiger partial charge in [0.25, 0.3) is 0 Å². The minimum atomic E-state index is 0.670. The Labute approximate surface area is 115 Å². The fraction of sp³-hybridized carbons (Fsp3) is 0.308. The molecular formula is C13H15N5S. The molecule has 0 amide bonds. The highest BCUT2D eigenvalue weighted by molar-refractivity contribution is 7.18. The maximum Gasteiger partial charge on any atom is 0.226 e. The number of nitrogens with one attached hydrogen (secondary N) is 1. The van der Waals surface area contributed by atoms with Crippen LogP contribution in [-0.4, -0.2) is 26.1 Å². The molecule has 0 aliphatic heterocycles. The summed E-state index contributed by atoms with van der Waals surface area (Å²) < 4.78 is 1.93. The van der Waals surface area contributed by atoms with Crippen LogP contribution in [0.3, 0.4) is 0 Å². The van der Waals surface area contributed by atoms with Crippen LogP contribution < -0.4 is 5.32 Å². The lowest BCUT2D eigenvalue weighted by molar-refractivity contribution is 0.986. The van der Waals surface area contributed by atoms with Crippen molar-refractivity contribution in [3.05, 3.63) is 29.7 Å². The third-order valence-electron chi connectivity index (χ3n) is 2.86. The minimum absolute atomic E-state index is 0.670. The summed E-state index contributed by atoms with van der Waals surface area (Å²) in [5.41, 5.74) is 0. The third kappa shape index (κ3) is 2.19. The lowest BCUT2D eigenvalue weighted by Gasteiger charge is -2.06. The van der Waals surface area contributed by atoms with Gasteiger partial charge in [0.2, 0.25) is 5.95 Å². The van der Waals surface area contributed by atoms with Crippen molar-refractivity contribution in [1.29, 1.82) is 0 Å². The van der Waals surface area contributed by atoms with Gasteiger partial charge in [-0.15, -0.1) is 11.3 Å². The first-order chi connectivity index (χ1) is 9.31. The zero-order chi connectivity index (χ0) is 13.2. The first-order valence-electron chi connectivity index (χ1n) is 6.34. The monoisotopic (exact) mass is 273 g/mol. The van der Waals surface area contributed by atoms with E-state index in [0.29, 0.717) is 5.95 Å².